The van der Waals surface area contributed by atoms with Gasteiger partial charge in [0, 0.05) is 5.56 Å². The van der Waals surface area contributed by atoms with Crippen molar-refractivity contribution in [3.63, 3.8) is 0 Å². The Morgan fingerprint density at radius 3 is 1.60 bits per heavy atom. The summed E-state index contributed by atoms with van der Waals surface area (Å²) in [5.41, 5.74) is 7.88. The summed E-state index contributed by atoms with van der Waals surface area (Å²) in [5.74, 6) is -0.585. The molecule has 0 radical (unpaired) electrons. The lowest BCUT2D eigenvalue weighted by atomic mass is 9.92. The normalized spacial score (nSPS) is 10.5. The van der Waals surface area contributed by atoms with Crippen LogP contribution in [0.15, 0.2) is 127 Å². The fourth-order valence-corrected chi connectivity index (χ4v) is 4.21. The van der Waals surface area contributed by atoms with Crippen LogP contribution in [0, 0.1) is 0 Å². The van der Waals surface area contributed by atoms with Gasteiger partial charge < -0.3 is 4.74 Å². The van der Waals surface area contributed by atoms with Crippen molar-refractivity contribution in [3.05, 3.63) is 127 Å². The summed E-state index contributed by atoms with van der Waals surface area (Å²) in [7, 11) is 0. The Labute approximate surface area is 204 Å². The minimum absolute atomic E-state index is 0.188. The number of carbonyl (C=O) groups excluding carboxylic acids is 2. The Balaban J connectivity index is 1.59. The van der Waals surface area contributed by atoms with E-state index < -0.39 is 5.97 Å². The van der Waals surface area contributed by atoms with E-state index in [2.05, 4.69) is 36.4 Å². The maximum absolute atomic E-state index is 11.9. The standard InChI is InChI=1S/C32H22O3/c33-22-32(34)35-31-21-27(24-11-5-2-6-12-24)19-20-30(31)29-14-8-7-13-28(29)26-17-15-25(16-18-26)23-9-3-1-4-10-23/h1-22H. The number of rotatable bonds is 6. The lowest BCUT2D eigenvalue weighted by molar-refractivity contribution is -0.141. The SMILES string of the molecule is O=CC(=O)Oc1cc(-c2ccccc2)ccc1-c1ccccc1-c1ccc(-c2ccccc2)cc1. The number of benzene rings is 5. The molecule has 3 nitrogen and oxygen atoms in total. The highest BCUT2D eigenvalue weighted by molar-refractivity contribution is 6.21. The Kier molecular flexibility index (Phi) is 6.31. The molecule has 5 aromatic rings. The topological polar surface area (TPSA) is 43.4 Å². The first-order chi connectivity index (χ1) is 17.2. The summed E-state index contributed by atoms with van der Waals surface area (Å²) in [5, 5.41) is 0. The molecule has 0 saturated heterocycles. The first-order valence-electron chi connectivity index (χ1n) is 11.3. The second-order valence-electron chi connectivity index (χ2n) is 8.10. The second-order valence-corrected chi connectivity index (χ2v) is 8.10. The maximum atomic E-state index is 11.9. The number of esters is 1. The van der Waals surface area contributed by atoms with Gasteiger partial charge in [0.25, 0.3) is 0 Å². The van der Waals surface area contributed by atoms with E-state index in [0.717, 1.165) is 44.5 Å². The predicted octanol–water partition coefficient (Wildman–Crippen LogP) is 7.46. The van der Waals surface area contributed by atoms with Gasteiger partial charge in [-0.1, -0.05) is 115 Å². The average molecular weight is 455 g/mol. The fraction of sp³-hybridized carbons (Fsp3) is 0. The molecule has 0 aromatic heterocycles. The van der Waals surface area contributed by atoms with Gasteiger partial charge in [0.05, 0.1) is 0 Å². The van der Waals surface area contributed by atoms with E-state index in [9.17, 15) is 9.59 Å². The summed E-state index contributed by atoms with van der Waals surface area (Å²) in [6.45, 7) is 0. The zero-order valence-electron chi connectivity index (χ0n) is 18.9. The van der Waals surface area contributed by atoms with Crippen molar-refractivity contribution in [1.82, 2.24) is 0 Å². The van der Waals surface area contributed by atoms with Gasteiger partial charge >= 0.3 is 5.97 Å². The molecule has 0 aliphatic rings. The third-order valence-electron chi connectivity index (χ3n) is 5.92. The van der Waals surface area contributed by atoms with E-state index in [-0.39, 0.29) is 6.29 Å². The molecule has 0 spiro atoms. The Morgan fingerprint density at radius 2 is 0.971 bits per heavy atom. The summed E-state index contributed by atoms with van der Waals surface area (Å²) in [6, 6.07) is 42.2. The number of hydrogen-bond donors (Lipinski definition) is 0. The molecule has 0 fully saturated rings. The lowest BCUT2D eigenvalue weighted by Crippen LogP contribution is -2.09. The molecule has 168 valence electrons. The van der Waals surface area contributed by atoms with Crippen LogP contribution in [0.1, 0.15) is 0 Å². The summed E-state index contributed by atoms with van der Waals surface area (Å²) in [4.78, 5) is 23.0. The molecule has 0 saturated carbocycles. The molecule has 0 amide bonds. The highest BCUT2D eigenvalue weighted by atomic mass is 16.5. The molecule has 0 aliphatic carbocycles. The third-order valence-corrected chi connectivity index (χ3v) is 5.92. The minimum Gasteiger partial charge on any atom is -0.420 e. The van der Waals surface area contributed by atoms with Crippen molar-refractivity contribution in [3.8, 4) is 50.3 Å². The van der Waals surface area contributed by atoms with Crippen molar-refractivity contribution in [2.75, 3.05) is 0 Å². The smallest absolute Gasteiger partial charge is 0.376 e. The summed E-state index contributed by atoms with van der Waals surface area (Å²) in [6.07, 6.45) is 0.188. The van der Waals surface area contributed by atoms with Gasteiger partial charge in [0.2, 0.25) is 6.29 Å². The van der Waals surface area contributed by atoms with Crippen LogP contribution < -0.4 is 4.74 Å². The van der Waals surface area contributed by atoms with E-state index >= 15 is 0 Å². The van der Waals surface area contributed by atoms with Crippen LogP contribution >= 0.6 is 0 Å². The zero-order valence-corrected chi connectivity index (χ0v) is 18.9. The Bertz CT molecular complexity index is 1470. The molecule has 35 heavy (non-hydrogen) atoms. The van der Waals surface area contributed by atoms with Gasteiger partial charge in [-0.15, -0.1) is 0 Å². The van der Waals surface area contributed by atoms with E-state index in [1.807, 2.05) is 84.9 Å². The number of aldehydes is 1. The first-order valence-corrected chi connectivity index (χ1v) is 11.3. The summed E-state index contributed by atoms with van der Waals surface area (Å²) >= 11 is 0. The molecule has 0 atom stereocenters. The molecule has 5 rings (SSSR count). The van der Waals surface area contributed by atoms with E-state index in [1.165, 1.54) is 0 Å². The van der Waals surface area contributed by atoms with Gasteiger partial charge in [-0.05, 0) is 51.1 Å². The molecular formula is C32H22O3. The van der Waals surface area contributed by atoms with Gasteiger partial charge in [0.1, 0.15) is 5.75 Å². The fourth-order valence-electron chi connectivity index (χ4n) is 4.21. The van der Waals surface area contributed by atoms with Crippen LogP contribution in [0.3, 0.4) is 0 Å². The van der Waals surface area contributed by atoms with Crippen LogP contribution in [0.5, 0.6) is 5.75 Å². The van der Waals surface area contributed by atoms with Crippen LogP contribution in [-0.4, -0.2) is 12.3 Å². The van der Waals surface area contributed by atoms with Crippen LogP contribution in [0.4, 0.5) is 0 Å². The molecule has 0 aliphatic heterocycles. The van der Waals surface area contributed by atoms with Gasteiger partial charge in [0.15, 0.2) is 0 Å². The highest BCUT2D eigenvalue weighted by Crippen LogP contribution is 2.40. The van der Waals surface area contributed by atoms with Crippen molar-refractivity contribution in [2.45, 2.75) is 0 Å². The average Bonchev–Trinajstić information content (AvgIpc) is 2.94. The molecule has 0 unspecified atom stereocenters. The second kappa shape index (κ2) is 10.0. The Hall–Kier alpha value is -4.76. The molecule has 3 heteroatoms. The minimum atomic E-state index is -0.929. The molecule has 5 aromatic carbocycles. The van der Waals surface area contributed by atoms with E-state index in [4.69, 9.17) is 4.74 Å². The van der Waals surface area contributed by atoms with Crippen molar-refractivity contribution in [1.29, 1.82) is 0 Å². The maximum Gasteiger partial charge on any atom is 0.376 e. The van der Waals surface area contributed by atoms with Gasteiger partial charge in [-0.25, -0.2) is 4.79 Å². The first kappa shape index (κ1) is 22.1. The lowest BCUT2D eigenvalue weighted by Gasteiger charge is -2.15. The molecule has 0 N–H and O–H groups in total. The van der Waals surface area contributed by atoms with Crippen LogP contribution in [0.25, 0.3) is 44.5 Å². The van der Waals surface area contributed by atoms with Crippen LogP contribution in [0.2, 0.25) is 0 Å². The molecule has 0 bridgehead atoms. The Morgan fingerprint density at radius 1 is 0.486 bits per heavy atom. The quantitative estimate of drug-likeness (QED) is 0.116. The van der Waals surface area contributed by atoms with Gasteiger partial charge in [-0.3, -0.25) is 4.79 Å². The molecular weight excluding hydrogens is 432 g/mol. The van der Waals surface area contributed by atoms with Crippen LogP contribution in [-0.2, 0) is 9.59 Å². The van der Waals surface area contributed by atoms with E-state index in [0.29, 0.717) is 5.75 Å². The largest absolute Gasteiger partial charge is 0.420 e. The number of ether oxygens (including phenoxy) is 1. The number of hydrogen-bond acceptors (Lipinski definition) is 3. The zero-order chi connectivity index (χ0) is 24.0. The molecule has 0 heterocycles. The van der Waals surface area contributed by atoms with E-state index in [1.54, 1.807) is 6.07 Å². The van der Waals surface area contributed by atoms with Crippen molar-refractivity contribution < 1.29 is 14.3 Å². The van der Waals surface area contributed by atoms with Crippen molar-refractivity contribution in [2.24, 2.45) is 0 Å². The third kappa shape index (κ3) is 4.80. The monoisotopic (exact) mass is 454 g/mol. The predicted molar refractivity (Wildman–Crippen MR) is 140 cm³/mol. The van der Waals surface area contributed by atoms with Gasteiger partial charge in [-0.2, -0.15) is 0 Å². The summed E-state index contributed by atoms with van der Waals surface area (Å²) < 4.78 is 5.47. The highest BCUT2D eigenvalue weighted by Gasteiger charge is 2.16. The number of carbonyl (C=O) groups is 2. The van der Waals surface area contributed by atoms with Crippen molar-refractivity contribution >= 4 is 12.3 Å².